The summed E-state index contributed by atoms with van der Waals surface area (Å²) in [4.78, 5) is 10.6. The van der Waals surface area contributed by atoms with Gasteiger partial charge in [0.25, 0.3) is 0 Å². The Bertz CT molecular complexity index is 104. The second kappa shape index (κ2) is 4.62. The van der Waals surface area contributed by atoms with E-state index in [1.54, 1.807) is 0 Å². The topological polar surface area (TPSA) is 77.8 Å². The number of halogens is 1. The van der Waals surface area contributed by atoms with Gasteiger partial charge in [0.15, 0.2) is 5.78 Å². The molecular formula is C5H9ClO4. The van der Waals surface area contributed by atoms with Crippen LogP contribution in [0.25, 0.3) is 0 Å². The third kappa shape index (κ3) is 2.62. The lowest BCUT2D eigenvalue weighted by atomic mass is 10.1. The molecular weight excluding hydrogens is 160 g/mol. The Morgan fingerprint density at radius 1 is 1.40 bits per heavy atom. The maximum atomic E-state index is 10.6. The van der Waals surface area contributed by atoms with E-state index in [0.717, 1.165) is 0 Å². The minimum absolute atomic E-state index is 0.268. The first-order chi connectivity index (χ1) is 4.63. The number of alkyl halides is 1. The van der Waals surface area contributed by atoms with Crippen LogP contribution >= 0.6 is 11.6 Å². The lowest BCUT2D eigenvalue weighted by Crippen LogP contribution is -2.35. The normalized spacial score (nSPS) is 16.4. The fraction of sp³-hybridized carbons (Fsp3) is 0.800. The van der Waals surface area contributed by atoms with Crippen LogP contribution in [-0.2, 0) is 4.79 Å². The molecule has 5 heteroatoms. The minimum atomic E-state index is -1.52. The molecule has 0 aliphatic heterocycles. The number of aliphatic hydroxyl groups is 3. The molecule has 0 aromatic rings. The van der Waals surface area contributed by atoms with Gasteiger partial charge in [-0.3, -0.25) is 4.79 Å². The number of hydrogen-bond donors (Lipinski definition) is 3. The number of rotatable bonds is 4. The number of hydrogen-bond acceptors (Lipinski definition) is 4. The van der Waals surface area contributed by atoms with Crippen molar-refractivity contribution in [1.82, 2.24) is 0 Å². The molecule has 10 heavy (non-hydrogen) atoms. The van der Waals surface area contributed by atoms with Crippen molar-refractivity contribution in [2.75, 3.05) is 12.5 Å². The summed E-state index contributed by atoms with van der Waals surface area (Å²) in [5.41, 5.74) is 0. The molecule has 0 unspecified atom stereocenters. The summed E-state index contributed by atoms with van der Waals surface area (Å²) in [6, 6.07) is 0. The maximum Gasteiger partial charge on any atom is 0.193 e. The number of ketones is 1. The van der Waals surface area contributed by atoms with Crippen LogP contribution in [0.15, 0.2) is 0 Å². The summed E-state index contributed by atoms with van der Waals surface area (Å²) in [6.45, 7) is -0.688. The highest BCUT2D eigenvalue weighted by Crippen LogP contribution is 1.94. The van der Waals surface area contributed by atoms with Gasteiger partial charge in [-0.05, 0) is 0 Å². The van der Waals surface area contributed by atoms with E-state index in [9.17, 15) is 4.79 Å². The van der Waals surface area contributed by atoms with Gasteiger partial charge in [-0.25, -0.2) is 0 Å². The summed E-state index contributed by atoms with van der Waals surface area (Å²) in [6.07, 6.45) is -2.91. The summed E-state index contributed by atoms with van der Waals surface area (Å²) in [5.74, 6) is -1.12. The summed E-state index contributed by atoms with van der Waals surface area (Å²) >= 11 is 5.08. The molecule has 0 heterocycles. The van der Waals surface area contributed by atoms with Gasteiger partial charge in [0.2, 0.25) is 0 Å². The van der Waals surface area contributed by atoms with E-state index >= 15 is 0 Å². The lowest BCUT2D eigenvalue weighted by molar-refractivity contribution is -0.136. The van der Waals surface area contributed by atoms with Crippen molar-refractivity contribution in [3.8, 4) is 0 Å². The molecule has 0 aromatic carbocycles. The van der Waals surface area contributed by atoms with Crippen LogP contribution in [0.5, 0.6) is 0 Å². The van der Waals surface area contributed by atoms with Gasteiger partial charge in [-0.2, -0.15) is 0 Å². The quantitative estimate of drug-likeness (QED) is 0.447. The number of Topliss-reactive ketones (excluding diaryl/α,β-unsaturated/α-hetero) is 1. The molecule has 4 nitrogen and oxygen atoms in total. The Kier molecular flexibility index (Phi) is 4.55. The molecule has 0 radical (unpaired) electrons. The SMILES string of the molecule is O=C([C@H](O)CCl)[C@@H](O)CO. The van der Waals surface area contributed by atoms with Crippen molar-refractivity contribution in [2.24, 2.45) is 0 Å². The highest BCUT2D eigenvalue weighted by molar-refractivity contribution is 6.20. The number of carbonyl (C=O) groups excluding carboxylic acids is 1. The van der Waals surface area contributed by atoms with E-state index < -0.39 is 24.6 Å². The third-order valence-corrected chi connectivity index (χ3v) is 1.27. The standard InChI is InChI=1S/C5H9ClO4/c6-1-3(8)5(10)4(9)2-7/h3-4,7-9H,1-2H2/t3-,4+/m1/s1. The molecule has 3 N–H and O–H groups in total. The molecule has 0 aliphatic rings. The van der Waals surface area contributed by atoms with Crippen molar-refractivity contribution < 1.29 is 20.1 Å². The molecule has 60 valence electrons. The zero-order chi connectivity index (χ0) is 8.15. The van der Waals surface area contributed by atoms with Gasteiger partial charge in [-0.1, -0.05) is 0 Å². The van der Waals surface area contributed by atoms with E-state index in [4.69, 9.17) is 26.9 Å². The molecule has 0 saturated heterocycles. The Hall–Kier alpha value is -0.160. The van der Waals surface area contributed by atoms with Crippen LogP contribution in [0.4, 0.5) is 0 Å². The predicted molar refractivity (Wildman–Crippen MR) is 34.8 cm³/mol. The Morgan fingerprint density at radius 2 is 1.90 bits per heavy atom. The summed E-state index contributed by atoms with van der Waals surface area (Å²) < 4.78 is 0. The van der Waals surface area contributed by atoms with Crippen LogP contribution in [0, 0.1) is 0 Å². The van der Waals surface area contributed by atoms with Crippen LogP contribution in [0.2, 0.25) is 0 Å². The van der Waals surface area contributed by atoms with Crippen LogP contribution in [0.3, 0.4) is 0 Å². The van der Waals surface area contributed by atoms with Crippen molar-refractivity contribution >= 4 is 17.4 Å². The van der Waals surface area contributed by atoms with Crippen molar-refractivity contribution in [1.29, 1.82) is 0 Å². The van der Waals surface area contributed by atoms with E-state index in [2.05, 4.69) is 0 Å². The van der Waals surface area contributed by atoms with E-state index in [1.807, 2.05) is 0 Å². The third-order valence-electron chi connectivity index (χ3n) is 0.976. The molecule has 0 rings (SSSR count). The zero-order valence-electron chi connectivity index (χ0n) is 5.20. The highest BCUT2D eigenvalue weighted by Gasteiger charge is 2.21. The molecule has 0 fully saturated rings. The first kappa shape index (κ1) is 9.84. The fourth-order valence-corrected chi connectivity index (χ4v) is 0.540. The lowest BCUT2D eigenvalue weighted by Gasteiger charge is -2.08. The Labute approximate surface area is 63.0 Å². The average molecular weight is 169 g/mol. The Balaban J connectivity index is 3.82. The van der Waals surface area contributed by atoms with Crippen LogP contribution in [0.1, 0.15) is 0 Å². The molecule has 0 aliphatic carbocycles. The highest BCUT2D eigenvalue weighted by atomic mass is 35.5. The average Bonchev–Trinajstić information content (AvgIpc) is 2.00. The Morgan fingerprint density at radius 3 is 2.20 bits per heavy atom. The minimum Gasteiger partial charge on any atom is -0.393 e. The van der Waals surface area contributed by atoms with Crippen LogP contribution < -0.4 is 0 Å². The van der Waals surface area contributed by atoms with Gasteiger partial charge in [0, 0.05) is 0 Å². The van der Waals surface area contributed by atoms with Crippen LogP contribution in [-0.4, -0.2) is 45.8 Å². The zero-order valence-corrected chi connectivity index (χ0v) is 5.95. The van der Waals surface area contributed by atoms with Crippen molar-refractivity contribution in [3.05, 3.63) is 0 Å². The first-order valence-electron chi connectivity index (χ1n) is 2.70. The molecule has 2 atom stereocenters. The van der Waals surface area contributed by atoms with Gasteiger partial charge < -0.3 is 15.3 Å². The van der Waals surface area contributed by atoms with Gasteiger partial charge >= 0.3 is 0 Å². The van der Waals surface area contributed by atoms with Crippen molar-refractivity contribution in [2.45, 2.75) is 12.2 Å². The molecule has 0 amide bonds. The molecule has 0 bridgehead atoms. The van der Waals surface area contributed by atoms with E-state index in [-0.39, 0.29) is 5.88 Å². The van der Waals surface area contributed by atoms with Crippen molar-refractivity contribution in [3.63, 3.8) is 0 Å². The van der Waals surface area contributed by atoms with E-state index in [1.165, 1.54) is 0 Å². The molecule has 0 spiro atoms. The first-order valence-corrected chi connectivity index (χ1v) is 3.23. The second-order valence-corrected chi connectivity index (χ2v) is 2.08. The van der Waals surface area contributed by atoms with Gasteiger partial charge in [-0.15, -0.1) is 11.6 Å². The monoisotopic (exact) mass is 168 g/mol. The summed E-state index contributed by atoms with van der Waals surface area (Å²) in [5, 5.41) is 25.5. The number of carbonyl (C=O) groups is 1. The van der Waals surface area contributed by atoms with Gasteiger partial charge in [0.05, 0.1) is 12.5 Å². The van der Waals surface area contributed by atoms with Gasteiger partial charge in [0.1, 0.15) is 12.2 Å². The fourth-order valence-electron chi connectivity index (χ4n) is 0.388. The van der Waals surface area contributed by atoms with E-state index in [0.29, 0.717) is 0 Å². The summed E-state index contributed by atoms with van der Waals surface area (Å²) in [7, 11) is 0. The number of aliphatic hydroxyl groups excluding tert-OH is 3. The predicted octanol–water partition coefficient (Wildman–Crippen LogP) is -1.49. The maximum absolute atomic E-state index is 10.6. The largest absolute Gasteiger partial charge is 0.393 e. The smallest absolute Gasteiger partial charge is 0.193 e. The molecule has 0 saturated carbocycles. The molecule has 0 aromatic heterocycles. The second-order valence-electron chi connectivity index (χ2n) is 1.77.